The van der Waals surface area contributed by atoms with E-state index in [9.17, 15) is 0 Å². The topological polar surface area (TPSA) is 119 Å². The summed E-state index contributed by atoms with van der Waals surface area (Å²) in [6.07, 6.45) is 5.68. The molecule has 0 atom stereocenters. The Labute approximate surface area is 166 Å². The molecular weight excluding hydrogens is 351 g/mol. The molecule has 0 amide bonds. The van der Waals surface area contributed by atoms with Crippen molar-refractivity contribution in [1.29, 1.82) is 5.26 Å². The Morgan fingerprint density at radius 3 is 2.68 bits per heavy atom. The zero-order valence-corrected chi connectivity index (χ0v) is 17.3. The summed E-state index contributed by atoms with van der Waals surface area (Å²) < 4.78 is 1.76. The molecule has 0 saturated heterocycles. The lowest BCUT2D eigenvalue weighted by molar-refractivity contribution is 0.656. The van der Waals surface area contributed by atoms with Gasteiger partial charge in [-0.1, -0.05) is 34.0 Å². The zero-order chi connectivity index (χ0) is 20.7. The van der Waals surface area contributed by atoms with Gasteiger partial charge in [0.25, 0.3) is 6.71 Å². The van der Waals surface area contributed by atoms with E-state index in [0.717, 1.165) is 41.4 Å². The van der Waals surface area contributed by atoms with E-state index >= 15 is 0 Å². The Bertz CT molecular complexity index is 976. The van der Waals surface area contributed by atoms with Crippen LogP contribution < -0.4 is 5.73 Å². The molecule has 0 fully saturated rings. The number of fused-ring (bicyclic) bond motifs is 2. The molecular formula is C19H27BN8. The Balaban J connectivity index is 0.000000660. The molecule has 0 saturated carbocycles. The van der Waals surface area contributed by atoms with Crippen molar-refractivity contribution < 1.29 is 0 Å². The van der Waals surface area contributed by atoms with Crippen LogP contribution in [0.25, 0.3) is 11.0 Å². The molecule has 4 heterocycles. The molecule has 1 aliphatic rings. The van der Waals surface area contributed by atoms with E-state index in [1.54, 1.807) is 4.68 Å². The fourth-order valence-electron chi connectivity index (χ4n) is 3.19. The van der Waals surface area contributed by atoms with Crippen LogP contribution in [0.3, 0.4) is 0 Å². The number of nitrogens with zero attached hydrogens (tertiary/aromatic N) is 7. The summed E-state index contributed by atoms with van der Waals surface area (Å²) >= 11 is 0. The molecule has 0 unspecified atom stereocenters. The number of nitrogen functional groups attached to an aromatic ring is 1. The van der Waals surface area contributed by atoms with Crippen LogP contribution in [0.1, 0.15) is 50.5 Å². The second-order valence-corrected chi connectivity index (χ2v) is 6.03. The van der Waals surface area contributed by atoms with Gasteiger partial charge in [0.15, 0.2) is 5.65 Å². The fraction of sp³-hybridized carbons (Fsp3) is 0.474. The van der Waals surface area contributed by atoms with E-state index in [4.69, 9.17) is 11.0 Å². The molecule has 3 aromatic heterocycles. The van der Waals surface area contributed by atoms with Gasteiger partial charge in [0.05, 0.1) is 11.1 Å². The number of anilines is 1. The second-order valence-electron chi connectivity index (χ2n) is 6.03. The minimum atomic E-state index is 0.0735. The van der Waals surface area contributed by atoms with Crippen LogP contribution in [0.15, 0.2) is 12.5 Å². The monoisotopic (exact) mass is 378 g/mol. The lowest BCUT2D eigenvalue weighted by atomic mass is 9.43. The first-order valence-corrected chi connectivity index (χ1v) is 9.82. The number of nitrogens with two attached hydrogens (primary N) is 1. The summed E-state index contributed by atoms with van der Waals surface area (Å²) in [4.78, 5) is 17.4. The van der Waals surface area contributed by atoms with Gasteiger partial charge >= 0.3 is 0 Å². The number of nitriles is 1. The highest BCUT2D eigenvalue weighted by Crippen LogP contribution is 2.22. The summed E-state index contributed by atoms with van der Waals surface area (Å²) in [7, 11) is 0. The first-order chi connectivity index (χ1) is 13.7. The van der Waals surface area contributed by atoms with E-state index in [1.807, 2.05) is 40.8 Å². The van der Waals surface area contributed by atoms with Crippen molar-refractivity contribution in [3.05, 3.63) is 35.3 Å². The average molecular weight is 378 g/mol. The maximum atomic E-state index is 9.07. The predicted molar refractivity (Wildman–Crippen MR) is 112 cm³/mol. The van der Waals surface area contributed by atoms with Gasteiger partial charge in [0.2, 0.25) is 0 Å². The lowest BCUT2D eigenvalue weighted by Gasteiger charge is -2.16. The van der Waals surface area contributed by atoms with Crippen molar-refractivity contribution in [1.82, 2.24) is 29.7 Å². The summed E-state index contributed by atoms with van der Waals surface area (Å²) in [5.41, 5.74) is 9.50. The largest absolute Gasteiger partial charge is 0.383 e. The Kier molecular flexibility index (Phi) is 7.44. The van der Waals surface area contributed by atoms with Gasteiger partial charge in [-0.2, -0.15) is 5.10 Å². The fourth-order valence-corrected chi connectivity index (χ4v) is 3.19. The molecule has 9 heteroatoms. The van der Waals surface area contributed by atoms with Gasteiger partial charge in [0, 0.05) is 17.9 Å². The summed E-state index contributed by atoms with van der Waals surface area (Å²) in [6.45, 7) is 10.4. The first-order valence-electron chi connectivity index (χ1n) is 9.82. The van der Waals surface area contributed by atoms with E-state index in [-0.39, 0.29) is 6.71 Å². The van der Waals surface area contributed by atoms with Crippen molar-refractivity contribution in [2.24, 2.45) is 0 Å². The molecule has 1 aliphatic heterocycles. The quantitative estimate of drug-likeness (QED) is 0.681. The lowest BCUT2D eigenvalue weighted by Crippen LogP contribution is -2.23. The van der Waals surface area contributed by atoms with Gasteiger partial charge in [-0.25, -0.2) is 29.9 Å². The minimum absolute atomic E-state index is 0.0735. The van der Waals surface area contributed by atoms with Crippen molar-refractivity contribution in [2.75, 3.05) is 5.73 Å². The number of hydrogen-bond donors (Lipinski definition) is 1. The normalized spacial score (nSPS) is 12.2. The highest BCUT2D eigenvalue weighted by Gasteiger charge is 2.24. The van der Waals surface area contributed by atoms with Crippen molar-refractivity contribution >= 4 is 23.6 Å². The third-order valence-corrected chi connectivity index (χ3v) is 4.41. The van der Waals surface area contributed by atoms with Crippen LogP contribution in [0.2, 0.25) is 6.32 Å². The standard InChI is InChI=1S/C15H15BN8.2C2H6/c1-9-13-14(18)20-8-21-15(13)24(23-9)6-12-19-5-10-4-16(7-17)3-2-11(10)22-12;2*1-2/h5,8H,2-4,6H2,1H3,(H2,18,20,21);2*1-2H3. The van der Waals surface area contributed by atoms with Crippen LogP contribution in [0.4, 0.5) is 5.82 Å². The molecule has 0 spiro atoms. The van der Waals surface area contributed by atoms with Crippen LogP contribution in [-0.4, -0.2) is 36.4 Å². The molecule has 146 valence electrons. The van der Waals surface area contributed by atoms with Crippen molar-refractivity contribution in [2.45, 2.75) is 60.2 Å². The summed E-state index contributed by atoms with van der Waals surface area (Å²) in [5, 5.41) is 14.3. The van der Waals surface area contributed by atoms with Crippen molar-refractivity contribution in [3.8, 4) is 5.97 Å². The zero-order valence-electron chi connectivity index (χ0n) is 17.3. The number of hydrogen-bond acceptors (Lipinski definition) is 7. The second kappa shape index (κ2) is 9.79. The molecule has 3 aromatic rings. The van der Waals surface area contributed by atoms with Crippen LogP contribution in [0.5, 0.6) is 0 Å². The van der Waals surface area contributed by atoms with E-state index in [1.165, 1.54) is 6.33 Å². The Hall–Kier alpha value is -3.02. The molecule has 0 aliphatic carbocycles. The molecule has 8 nitrogen and oxygen atoms in total. The van der Waals surface area contributed by atoms with E-state index < -0.39 is 0 Å². The number of aryl methyl sites for hydroxylation is 2. The van der Waals surface area contributed by atoms with Gasteiger partial charge in [-0.05, 0) is 25.2 Å². The maximum Gasteiger partial charge on any atom is 0.272 e. The minimum Gasteiger partial charge on any atom is -0.383 e. The Morgan fingerprint density at radius 2 is 1.96 bits per heavy atom. The molecule has 28 heavy (non-hydrogen) atoms. The average Bonchev–Trinajstić information content (AvgIpc) is 3.07. The predicted octanol–water partition coefficient (Wildman–Crippen LogP) is 2.80. The van der Waals surface area contributed by atoms with E-state index in [0.29, 0.717) is 23.8 Å². The molecule has 0 aromatic carbocycles. The highest BCUT2D eigenvalue weighted by molar-refractivity contribution is 6.66. The van der Waals surface area contributed by atoms with Gasteiger partial charge in [0.1, 0.15) is 24.5 Å². The third kappa shape index (κ3) is 4.27. The molecule has 2 N–H and O–H groups in total. The molecule has 4 rings (SSSR count). The van der Waals surface area contributed by atoms with Gasteiger partial charge < -0.3 is 5.73 Å². The summed E-state index contributed by atoms with van der Waals surface area (Å²) in [6, 6.07) is 0. The van der Waals surface area contributed by atoms with Crippen molar-refractivity contribution in [3.63, 3.8) is 0 Å². The smallest absolute Gasteiger partial charge is 0.272 e. The SMILES string of the molecule is CC.CC.Cc1nn(Cc2ncc3c(n2)CCB(C#N)C3)c2ncnc(N)c12. The van der Waals surface area contributed by atoms with Gasteiger partial charge in [-0.3, -0.25) is 0 Å². The number of aromatic nitrogens is 6. The van der Waals surface area contributed by atoms with Crippen LogP contribution in [0, 0.1) is 18.2 Å². The van der Waals surface area contributed by atoms with Crippen LogP contribution >= 0.6 is 0 Å². The summed E-state index contributed by atoms with van der Waals surface area (Å²) in [5.74, 6) is 3.45. The number of rotatable bonds is 2. The maximum absolute atomic E-state index is 9.07. The van der Waals surface area contributed by atoms with E-state index in [2.05, 4.69) is 31.0 Å². The Morgan fingerprint density at radius 1 is 1.21 bits per heavy atom. The van der Waals surface area contributed by atoms with Crippen LogP contribution in [-0.2, 0) is 19.3 Å². The van der Waals surface area contributed by atoms with Gasteiger partial charge in [-0.15, -0.1) is 0 Å². The first kappa shape index (κ1) is 21.3. The third-order valence-electron chi connectivity index (χ3n) is 4.41. The molecule has 0 bridgehead atoms. The highest BCUT2D eigenvalue weighted by atomic mass is 15.3. The molecule has 0 radical (unpaired) electrons.